The summed E-state index contributed by atoms with van der Waals surface area (Å²) >= 11 is 6.19. The lowest BCUT2D eigenvalue weighted by atomic mass is 9.94. The Balaban J connectivity index is 1.46. The quantitative estimate of drug-likeness (QED) is 0.185. The van der Waals surface area contributed by atoms with Crippen LogP contribution < -0.4 is 10.1 Å². The van der Waals surface area contributed by atoms with E-state index in [0.717, 1.165) is 43.2 Å². The number of amides is 2. The summed E-state index contributed by atoms with van der Waals surface area (Å²) in [6, 6.07) is 16.8. The lowest BCUT2D eigenvalue weighted by molar-refractivity contribution is -0.140. The molecule has 8 nitrogen and oxygen atoms in total. The summed E-state index contributed by atoms with van der Waals surface area (Å²) in [6.07, 6.45) is 4.74. The number of fused-ring (bicyclic) bond motifs is 1. The van der Waals surface area contributed by atoms with Crippen molar-refractivity contribution in [3.05, 3.63) is 100.0 Å². The number of hydrogen-bond acceptors (Lipinski definition) is 4. The predicted molar refractivity (Wildman–Crippen MR) is 161 cm³/mol. The summed E-state index contributed by atoms with van der Waals surface area (Å²) in [5, 5.41) is 14.2. The number of hydrogen-bond donors (Lipinski definition) is 3. The van der Waals surface area contributed by atoms with Crippen molar-refractivity contribution < 1.29 is 28.6 Å². The van der Waals surface area contributed by atoms with Gasteiger partial charge in [-0.05, 0) is 60.4 Å². The first-order valence-electron chi connectivity index (χ1n) is 14.3. The predicted octanol–water partition coefficient (Wildman–Crippen LogP) is 6.78. The van der Waals surface area contributed by atoms with Gasteiger partial charge < -0.3 is 25.0 Å². The Labute approximate surface area is 253 Å². The number of nitrogens with zero attached hydrogens (tertiary/aromatic N) is 1. The number of nitrogens with one attached hydrogen (secondary N) is 2. The molecular formula is C33H33ClFN3O5. The number of aromatic carboxylic acids is 1. The monoisotopic (exact) mass is 605 g/mol. The molecule has 1 aliphatic rings. The summed E-state index contributed by atoms with van der Waals surface area (Å²) in [5.41, 5.74) is 2.04. The van der Waals surface area contributed by atoms with Gasteiger partial charge in [-0.3, -0.25) is 9.59 Å². The van der Waals surface area contributed by atoms with Crippen molar-refractivity contribution in [1.82, 2.24) is 15.2 Å². The minimum absolute atomic E-state index is 0.0512. The van der Waals surface area contributed by atoms with Gasteiger partial charge in [-0.15, -0.1) is 0 Å². The van der Waals surface area contributed by atoms with Crippen molar-refractivity contribution >= 4 is 40.3 Å². The summed E-state index contributed by atoms with van der Waals surface area (Å²) in [6.45, 7) is 1.67. The highest BCUT2D eigenvalue weighted by Crippen LogP contribution is 2.35. The number of carbonyl (C=O) groups excluding carboxylic acids is 2. The van der Waals surface area contributed by atoms with E-state index in [0.29, 0.717) is 21.7 Å². The highest BCUT2D eigenvalue weighted by atomic mass is 35.5. The fourth-order valence-corrected chi connectivity index (χ4v) is 5.79. The molecule has 10 heteroatoms. The van der Waals surface area contributed by atoms with Gasteiger partial charge in [0.1, 0.15) is 29.9 Å². The fraction of sp³-hybridized carbons (Fsp3) is 0.303. The van der Waals surface area contributed by atoms with Crippen molar-refractivity contribution in [2.75, 3.05) is 0 Å². The molecule has 5 rings (SSSR count). The van der Waals surface area contributed by atoms with Gasteiger partial charge in [-0.1, -0.05) is 61.2 Å². The molecule has 0 radical (unpaired) electrons. The molecule has 1 unspecified atom stereocenters. The van der Waals surface area contributed by atoms with E-state index in [1.807, 2.05) is 0 Å². The maximum Gasteiger partial charge on any atom is 0.352 e. The smallest absolute Gasteiger partial charge is 0.352 e. The maximum absolute atomic E-state index is 14.0. The van der Waals surface area contributed by atoms with Crippen molar-refractivity contribution in [3.63, 3.8) is 0 Å². The zero-order chi connectivity index (χ0) is 30.5. The van der Waals surface area contributed by atoms with E-state index >= 15 is 0 Å². The van der Waals surface area contributed by atoms with Gasteiger partial charge in [0.2, 0.25) is 11.8 Å². The number of carbonyl (C=O) groups is 3. The van der Waals surface area contributed by atoms with Crippen molar-refractivity contribution in [2.45, 2.75) is 64.3 Å². The third-order valence-electron chi connectivity index (χ3n) is 7.80. The van der Waals surface area contributed by atoms with Crippen LogP contribution in [0.25, 0.3) is 10.9 Å². The average molecular weight is 606 g/mol. The maximum atomic E-state index is 14.0. The summed E-state index contributed by atoms with van der Waals surface area (Å²) < 4.78 is 19.0. The second-order valence-electron chi connectivity index (χ2n) is 10.9. The number of rotatable bonds is 10. The van der Waals surface area contributed by atoms with Crippen LogP contribution in [0.1, 0.15) is 72.2 Å². The molecule has 1 aliphatic carbocycles. The first-order chi connectivity index (χ1) is 20.7. The molecular weight excluding hydrogens is 573 g/mol. The largest absolute Gasteiger partial charge is 0.489 e. The number of halogens is 2. The molecule has 2 amide bonds. The lowest BCUT2D eigenvalue weighted by Crippen LogP contribution is -2.46. The molecule has 224 valence electrons. The zero-order valence-corrected chi connectivity index (χ0v) is 24.5. The molecule has 3 N–H and O–H groups in total. The van der Waals surface area contributed by atoms with Crippen LogP contribution in [0.4, 0.5) is 4.39 Å². The molecule has 3 aromatic carbocycles. The molecule has 1 fully saturated rings. The first kappa shape index (κ1) is 30.1. The van der Waals surface area contributed by atoms with Gasteiger partial charge in [0.25, 0.3) is 0 Å². The average Bonchev–Trinajstić information content (AvgIpc) is 3.36. The Hall–Kier alpha value is -4.37. The second-order valence-corrected chi connectivity index (χ2v) is 11.3. The van der Waals surface area contributed by atoms with Gasteiger partial charge in [-0.2, -0.15) is 0 Å². The number of benzene rings is 3. The molecule has 0 saturated heterocycles. The summed E-state index contributed by atoms with van der Waals surface area (Å²) in [4.78, 5) is 44.0. The number of carboxylic acid groups (broad SMARTS) is 1. The lowest BCUT2D eigenvalue weighted by Gasteiger charge is -2.33. The van der Waals surface area contributed by atoms with Crippen LogP contribution in [-0.2, 0) is 22.7 Å². The second kappa shape index (κ2) is 13.3. The van der Waals surface area contributed by atoms with Gasteiger partial charge >= 0.3 is 5.97 Å². The molecule has 0 spiro atoms. The molecule has 1 heterocycles. The summed E-state index contributed by atoms with van der Waals surface area (Å²) in [7, 11) is 0. The van der Waals surface area contributed by atoms with Crippen molar-refractivity contribution in [1.29, 1.82) is 0 Å². The van der Waals surface area contributed by atoms with Crippen molar-refractivity contribution in [3.8, 4) is 5.75 Å². The highest BCUT2D eigenvalue weighted by Gasteiger charge is 2.37. The van der Waals surface area contributed by atoms with E-state index in [4.69, 9.17) is 16.3 Å². The Kier molecular flexibility index (Phi) is 9.31. The van der Waals surface area contributed by atoms with E-state index in [-0.39, 0.29) is 42.2 Å². The molecule has 1 atom stereocenters. The minimum atomic E-state index is -1.25. The Morgan fingerprint density at radius 3 is 2.35 bits per heavy atom. The van der Waals surface area contributed by atoms with Crippen LogP contribution in [0.5, 0.6) is 5.75 Å². The summed E-state index contributed by atoms with van der Waals surface area (Å²) in [5.74, 6) is -1.81. The van der Waals surface area contributed by atoms with Crippen LogP contribution in [0.15, 0.2) is 66.7 Å². The molecule has 4 aromatic rings. The number of aromatic nitrogens is 1. The van der Waals surface area contributed by atoms with Crippen LogP contribution in [-0.4, -0.2) is 38.8 Å². The Morgan fingerprint density at radius 2 is 1.70 bits per heavy atom. The topological polar surface area (TPSA) is 112 Å². The highest BCUT2D eigenvalue weighted by molar-refractivity contribution is 6.31. The van der Waals surface area contributed by atoms with Gasteiger partial charge in [-0.25, -0.2) is 9.18 Å². The standard InChI is InChI=1S/C33H33ClFN3O5/c1-20(39)38(18-21-9-14-26(15-10-21)43-19-22-7-12-24(35)13-8-22)31(32(40)36-25-5-3-2-4-6-25)29-27-16-11-23(34)17-28(27)37-30(29)33(41)42/h7-17,25,31,37H,2-6,18-19H2,1H3,(H,36,40)(H,41,42). The van der Waals surface area contributed by atoms with Crippen LogP contribution in [0, 0.1) is 5.82 Å². The number of aromatic amines is 1. The van der Waals surface area contributed by atoms with E-state index in [9.17, 15) is 23.9 Å². The number of carboxylic acids is 1. The van der Waals surface area contributed by atoms with Gasteiger partial charge in [0, 0.05) is 41.0 Å². The van der Waals surface area contributed by atoms with Gasteiger partial charge in [0.15, 0.2) is 0 Å². The van der Waals surface area contributed by atoms with Crippen LogP contribution >= 0.6 is 11.6 Å². The number of H-pyrrole nitrogens is 1. The molecule has 1 aromatic heterocycles. The van der Waals surface area contributed by atoms with E-state index in [2.05, 4.69) is 10.3 Å². The SMILES string of the molecule is CC(=O)N(Cc1ccc(OCc2ccc(F)cc2)cc1)C(C(=O)NC1CCCCC1)c1c(C(=O)O)[nH]c2cc(Cl)ccc12. The number of ether oxygens (including phenoxy) is 1. The van der Waals surface area contributed by atoms with Crippen LogP contribution in [0.2, 0.25) is 5.02 Å². The Bertz CT molecular complexity index is 1610. The van der Waals surface area contributed by atoms with Crippen LogP contribution in [0.3, 0.4) is 0 Å². The van der Waals surface area contributed by atoms with Gasteiger partial charge in [0.05, 0.1) is 0 Å². The third-order valence-corrected chi connectivity index (χ3v) is 8.03. The van der Waals surface area contributed by atoms with E-state index < -0.39 is 17.9 Å². The first-order valence-corrected chi connectivity index (χ1v) is 14.7. The zero-order valence-electron chi connectivity index (χ0n) is 23.7. The molecule has 0 bridgehead atoms. The Morgan fingerprint density at radius 1 is 1.02 bits per heavy atom. The minimum Gasteiger partial charge on any atom is -0.489 e. The van der Waals surface area contributed by atoms with E-state index in [1.54, 1.807) is 54.6 Å². The van der Waals surface area contributed by atoms with E-state index in [1.165, 1.54) is 24.0 Å². The van der Waals surface area contributed by atoms with Crippen molar-refractivity contribution in [2.24, 2.45) is 0 Å². The fourth-order valence-electron chi connectivity index (χ4n) is 5.62. The molecule has 43 heavy (non-hydrogen) atoms. The third kappa shape index (κ3) is 7.17. The normalized spacial score (nSPS) is 14.3. The molecule has 1 saturated carbocycles. The molecule has 0 aliphatic heterocycles.